The quantitative estimate of drug-likeness (QED) is 0.688. The van der Waals surface area contributed by atoms with Gasteiger partial charge in [0.05, 0.1) is 23.0 Å². The van der Waals surface area contributed by atoms with Crippen LogP contribution in [0.2, 0.25) is 0 Å². The molecule has 2 N–H and O–H groups in total. The Morgan fingerprint density at radius 3 is 2.07 bits per heavy atom. The van der Waals surface area contributed by atoms with Gasteiger partial charge in [-0.15, -0.1) is 35.3 Å². The molecule has 14 heavy (non-hydrogen) atoms. The number of thiol groups is 1. The van der Waals surface area contributed by atoms with Gasteiger partial charge in [0.2, 0.25) is 0 Å². The van der Waals surface area contributed by atoms with E-state index >= 15 is 0 Å². The third kappa shape index (κ3) is 2.04. The van der Waals surface area contributed by atoms with Gasteiger partial charge in [-0.25, -0.2) is 0 Å². The average molecular weight is 371 g/mol. The van der Waals surface area contributed by atoms with Crippen LogP contribution in [0.4, 0.5) is 5.69 Å². The van der Waals surface area contributed by atoms with Crippen molar-refractivity contribution in [1.29, 1.82) is 0 Å². The molecule has 2 heterocycles. The van der Waals surface area contributed by atoms with Crippen molar-refractivity contribution in [3.63, 3.8) is 0 Å². The van der Waals surface area contributed by atoms with E-state index in [1.165, 1.54) is 0 Å². The number of hydrogen-bond acceptors (Lipinski definition) is 4. The molecule has 0 aromatic carbocycles. The minimum absolute atomic E-state index is 0.798. The SMILES string of the molecule is Nc1cc(Br)sc1-c1sc(Br)cc1S. The summed E-state index contributed by atoms with van der Waals surface area (Å²) in [6.07, 6.45) is 0. The molecule has 0 aliphatic carbocycles. The predicted octanol–water partition coefficient (Wildman–Crippen LogP) is 4.87. The zero-order valence-corrected chi connectivity index (χ0v) is 12.5. The predicted molar refractivity (Wildman–Crippen MR) is 74.7 cm³/mol. The highest BCUT2D eigenvalue weighted by Crippen LogP contribution is 2.45. The van der Waals surface area contributed by atoms with Crippen LogP contribution in [0.5, 0.6) is 0 Å². The summed E-state index contributed by atoms with van der Waals surface area (Å²) >= 11 is 14.5. The Morgan fingerprint density at radius 2 is 1.64 bits per heavy atom. The number of thiophene rings is 2. The molecule has 0 aliphatic rings. The molecule has 0 aliphatic heterocycles. The highest BCUT2D eigenvalue weighted by atomic mass is 79.9. The van der Waals surface area contributed by atoms with E-state index in [-0.39, 0.29) is 0 Å². The molecule has 0 saturated carbocycles. The number of halogens is 2. The maximum absolute atomic E-state index is 5.89. The van der Waals surface area contributed by atoms with Crippen LogP contribution < -0.4 is 5.73 Å². The van der Waals surface area contributed by atoms with E-state index in [0.717, 1.165) is 27.9 Å². The number of nitrogen functional groups attached to an aromatic ring is 1. The maximum atomic E-state index is 5.89. The molecule has 0 amide bonds. The average Bonchev–Trinajstić information content (AvgIpc) is 2.55. The van der Waals surface area contributed by atoms with E-state index in [0.29, 0.717) is 0 Å². The lowest BCUT2D eigenvalue weighted by Gasteiger charge is -1.95. The number of hydrogen-bond donors (Lipinski definition) is 2. The van der Waals surface area contributed by atoms with Gasteiger partial charge < -0.3 is 5.73 Å². The van der Waals surface area contributed by atoms with Gasteiger partial charge in [0.15, 0.2) is 0 Å². The molecule has 0 fully saturated rings. The van der Waals surface area contributed by atoms with Crippen LogP contribution in [-0.2, 0) is 0 Å². The Morgan fingerprint density at radius 1 is 1.07 bits per heavy atom. The van der Waals surface area contributed by atoms with E-state index < -0.39 is 0 Å². The summed E-state index contributed by atoms with van der Waals surface area (Å²) in [7, 11) is 0. The first-order valence-corrected chi connectivity index (χ1v) is 7.28. The topological polar surface area (TPSA) is 26.0 Å². The van der Waals surface area contributed by atoms with Crippen LogP contribution in [0, 0.1) is 0 Å². The fraction of sp³-hybridized carbons (Fsp3) is 0. The first kappa shape index (κ1) is 11.0. The number of anilines is 1. The molecule has 0 atom stereocenters. The number of rotatable bonds is 1. The lowest BCUT2D eigenvalue weighted by Crippen LogP contribution is -1.81. The summed E-state index contributed by atoms with van der Waals surface area (Å²) in [5.74, 6) is 0. The van der Waals surface area contributed by atoms with E-state index in [2.05, 4.69) is 44.5 Å². The van der Waals surface area contributed by atoms with Crippen LogP contribution in [0.1, 0.15) is 0 Å². The summed E-state index contributed by atoms with van der Waals surface area (Å²) in [5.41, 5.74) is 6.69. The molecule has 2 rings (SSSR count). The van der Waals surface area contributed by atoms with Crippen molar-refractivity contribution in [3.8, 4) is 9.75 Å². The van der Waals surface area contributed by atoms with Gasteiger partial charge in [-0.3, -0.25) is 0 Å². The standard InChI is InChI=1S/C8H5Br2NS3/c9-5-1-3(11)7(13-5)8-4(12)2-6(10)14-8/h1-2,12H,11H2. The fourth-order valence-electron chi connectivity index (χ4n) is 1.07. The van der Waals surface area contributed by atoms with Crippen molar-refractivity contribution in [2.45, 2.75) is 4.90 Å². The third-order valence-corrected chi connectivity index (χ3v) is 5.58. The summed E-state index contributed by atoms with van der Waals surface area (Å²) in [6.45, 7) is 0. The molecule has 1 nitrogen and oxygen atoms in total. The van der Waals surface area contributed by atoms with E-state index in [4.69, 9.17) is 5.73 Å². The van der Waals surface area contributed by atoms with Crippen LogP contribution >= 0.6 is 67.2 Å². The minimum atomic E-state index is 0.798. The van der Waals surface area contributed by atoms with Crippen molar-refractivity contribution in [1.82, 2.24) is 0 Å². The van der Waals surface area contributed by atoms with Gasteiger partial charge in [-0.1, -0.05) is 0 Å². The van der Waals surface area contributed by atoms with Gasteiger partial charge in [0, 0.05) is 4.90 Å². The summed E-state index contributed by atoms with van der Waals surface area (Å²) in [6, 6.07) is 3.90. The highest BCUT2D eigenvalue weighted by molar-refractivity contribution is 9.11. The van der Waals surface area contributed by atoms with Crippen molar-refractivity contribution < 1.29 is 0 Å². The van der Waals surface area contributed by atoms with Crippen molar-refractivity contribution in [2.75, 3.05) is 5.73 Å². The smallest absolute Gasteiger partial charge is 0.0726 e. The zero-order valence-electron chi connectivity index (χ0n) is 6.75. The molecule has 0 saturated heterocycles. The van der Waals surface area contributed by atoms with Crippen molar-refractivity contribution in [3.05, 3.63) is 19.7 Å². The van der Waals surface area contributed by atoms with Crippen molar-refractivity contribution >= 4 is 72.8 Å². The largest absolute Gasteiger partial charge is 0.397 e. The Bertz CT molecular complexity index is 431. The summed E-state index contributed by atoms with van der Waals surface area (Å²) < 4.78 is 2.11. The zero-order chi connectivity index (χ0) is 10.3. The van der Waals surface area contributed by atoms with Gasteiger partial charge in [0.25, 0.3) is 0 Å². The third-order valence-electron chi connectivity index (χ3n) is 1.62. The molecule has 6 heteroatoms. The van der Waals surface area contributed by atoms with Gasteiger partial charge in [0.1, 0.15) is 0 Å². The molecular formula is C8H5Br2NS3. The molecule has 0 spiro atoms. The summed E-state index contributed by atoms with van der Waals surface area (Å²) in [5, 5.41) is 0. The normalized spacial score (nSPS) is 10.8. The Hall–Kier alpha value is 0.510. The molecule has 0 unspecified atom stereocenters. The lowest BCUT2D eigenvalue weighted by atomic mass is 10.3. The molecular weight excluding hydrogens is 366 g/mol. The van der Waals surface area contributed by atoms with Gasteiger partial charge in [-0.05, 0) is 44.0 Å². The van der Waals surface area contributed by atoms with Crippen LogP contribution in [0.15, 0.2) is 24.6 Å². The molecule has 74 valence electrons. The minimum Gasteiger partial charge on any atom is -0.397 e. The highest BCUT2D eigenvalue weighted by Gasteiger charge is 2.13. The maximum Gasteiger partial charge on any atom is 0.0726 e. The summed E-state index contributed by atoms with van der Waals surface area (Å²) in [4.78, 5) is 3.16. The number of nitrogens with two attached hydrogens (primary N) is 1. The van der Waals surface area contributed by atoms with Gasteiger partial charge >= 0.3 is 0 Å². The van der Waals surface area contributed by atoms with Crippen LogP contribution in [-0.4, -0.2) is 0 Å². The Balaban J connectivity index is 2.59. The van der Waals surface area contributed by atoms with Crippen molar-refractivity contribution in [2.24, 2.45) is 0 Å². The van der Waals surface area contributed by atoms with E-state index in [1.807, 2.05) is 12.1 Å². The second kappa shape index (κ2) is 4.17. The Labute approximate surface area is 112 Å². The first-order chi connectivity index (χ1) is 6.58. The second-order valence-electron chi connectivity index (χ2n) is 2.60. The molecule has 2 aromatic heterocycles. The second-order valence-corrected chi connectivity index (χ2v) is 7.94. The molecule has 0 bridgehead atoms. The van der Waals surface area contributed by atoms with Crippen LogP contribution in [0.3, 0.4) is 0 Å². The molecule has 2 aromatic rings. The Kier molecular flexibility index (Phi) is 3.28. The monoisotopic (exact) mass is 369 g/mol. The van der Waals surface area contributed by atoms with E-state index in [1.54, 1.807) is 22.7 Å². The van der Waals surface area contributed by atoms with E-state index in [9.17, 15) is 0 Å². The van der Waals surface area contributed by atoms with Gasteiger partial charge in [-0.2, -0.15) is 0 Å². The van der Waals surface area contributed by atoms with Crippen LogP contribution in [0.25, 0.3) is 9.75 Å². The first-order valence-electron chi connectivity index (χ1n) is 3.61. The fourth-order valence-corrected chi connectivity index (χ4v) is 4.99. The lowest BCUT2D eigenvalue weighted by molar-refractivity contribution is 1.60. The molecule has 0 radical (unpaired) electrons.